The summed E-state index contributed by atoms with van der Waals surface area (Å²) in [6, 6.07) is 1.92. The molecular formula is C8H10Cl2N6. The van der Waals surface area contributed by atoms with Crippen molar-refractivity contribution in [1.29, 1.82) is 5.26 Å². The van der Waals surface area contributed by atoms with Crippen molar-refractivity contribution in [2.45, 2.75) is 0 Å². The minimum Gasteiger partial charge on any atom is -0.334 e. The third-order valence-electron chi connectivity index (χ3n) is 1.68. The molecule has 16 heavy (non-hydrogen) atoms. The first kappa shape index (κ1) is 12.7. The Labute approximate surface area is 103 Å². The molecule has 0 unspecified atom stereocenters. The molecule has 0 atom stereocenters. The Hall–Kier alpha value is -1.32. The van der Waals surface area contributed by atoms with Crippen molar-refractivity contribution in [2.24, 2.45) is 10.3 Å². The summed E-state index contributed by atoms with van der Waals surface area (Å²) in [5.74, 6) is 1.13. The number of aromatic nitrogens is 2. The zero-order valence-electron chi connectivity index (χ0n) is 8.40. The zero-order chi connectivity index (χ0) is 11.8. The summed E-state index contributed by atoms with van der Waals surface area (Å²) in [6.07, 6.45) is 1.39. The fraction of sp³-hybridized carbons (Fsp3) is 0.500. The average Bonchev–Trinajstić information content (AvgIpc) is 2.74. The van der Waals surface area contributed by atoms with Crippen molar-refractivity contribution >= 4 is 29.0 Å². The van der Waals surface area contributed by atoms with Gasteiger partial charge in [0, 0.05) is 11.8 Å². The van der Waals surface area contributed by atoms with Crippen molar-refractivity contribution in [1.82, 2.24) is 15.0 Å². The van der Waals surface area contributed by atoms with Crippen LogP contribution in [0.3, 0.4) is 0 Å². The van der Waals surface area contributed by atoms with E-state index in [0.717, 1.165) is 0 Å². The summed E-state index contributed by atoms with van der Waals surface area (Å²) in [4.78, 5) is 6.49. The topological polar surface area (TPSA) is 80.4 Å². The molecule has 0 saturated carbocycles. The van der Waals surface area contributed by atoms with E-state index < -0.39 is 0 Å². The highest BCUT2D eigenvalue weighted by Crippen LogP contribution is 2.12. The number of H-pyrrole nitrogens is 1. The van der Waals surface area contributed by atoms with E-state index >= 15 is 0 Å². The molecule has 0 radical (unpaired) electrons. The van der Waals surface area contributed by atoms with E-state index in [9.17, 15) is 0 Å². The number of nitriles is 1. The van der Waals surface area contributed by atoms with Crippen LogP contribution in [-0.4, -0.2) is 39.8 Å². The van der Waals surface area contributed by atoms with Gasteiger partial charge in [0.1, 0.15) is 6.07 Å². The van der Waals surface area contributed by atoms with Crippen LogP contribution in [0.4, 0.5) is 5.82 Å². The molecule has 0 aliphatic carbocycles. The number of alkyl halides is 2. The Balaban J connectivity index is 2.66. The van der Waals surface area contributed by atoms with Crippen molar-refractivity contribution in [3.05, 3.63) is 12.0 Å². The van der Waals surface area contributed by atoms with Gasteiger partial charge >= 0.3 is 0 Å². The molecule has 8 heteroatoms. The summed E-state index contributed by atoms with van der Waals surface area (Å²) < 4.78 is 0. The Kier molecular flexibility index (Phi) is 5.61. The lowest BCUT2D eigenvalue weighted by atomic mass is 10.5. The predicted molar refractivity (Wildman–Crippen MR) is 60.8 cm³/mol. The molecule has 1 aromatic rings. The van der Waals surface area contributed by atoms with Gasteiger partial charge in [-0.25, -0.2) is 4.98 Å². The molecule has 1 heterocycles. The highest BCUT2D eigenvalue weighted by molar-refractivity contribution is 6.18. The van der Waals surface area contributed by atoms with Crippen molar-refractivity contribution in [3.63, 3.8) is 0 Å². The number of imidazole rings is 1. The molecule has 0 bridgehead atoms. The first-order chi connectivity index (χ1) is 7.81. The highest BCUT2D eigenvalue weighted by Gasteiger charge is 2.04. The van der Waals surface area contributed by atoms with Crippen LogP contribution in [0.2, 0.25) is 0 Å². The maximum Gasteiger partial charge on any atom is 0.212 e. The number of nitrogens with one attached hydrogen (secondary N) is 1. The van der Waals surface area contributed by atoms with Gasteiger partial charge in [0.2, 0.25) is 5.82 Å². The third kappa shape index (κ3) is 3.68. The van der Waals surface area contributed by atoms with Gasteiger partial charge in [-0.1, -0.05) is 5.22 Å². The smallest absolute Gasteiger partial charge is 0.212 e. The van der Waals surface area contributed by atoms with Crippen LogP contribution in [0.15, 0.2) is 16.7 Å². The number of halogens is 2. The second kappa shape index (κ2) is 7.04. The number of hydrogen-bond donors (Lipinski definition) is 1. The number of nitrogens with zero attached hydrogens (tertiary/aromatic N) is 5. The molecule has 6 nitrogen and oxygen atoms in total. The van der Waals surface area contributed by atoms with Gasteiger partial charge in [-0.2, -0.15) is 5.26 Å². The van der Waals surface area contributed by atoms with Crippen LogP contribution in [0.1, 0.15) is 5.69 Å². The summed E-state index contributed by atoms with van der Waals surface area (Å²) in [7, 11) is 0. The summed E-state index contributed by atoms with van der Waals surface area (Å²) in [5.41, 5.74) is 0.278. The van der Waals surface area contributed by atoms with E-state index in [2.05, 4.69) is 20.3 Å². The SMILES string of the molecule is N#Cc1[nH]cnc1N=NN(CCCl)CCCl. The van der Waals surface area contributed by atoms with Crippen molar-refractivity contribution in [2.75, 3.05) is 24.8 Å². The van der Waals surface area contributed by atoms with E-state index in [-0.39, 0.29) is 11.5 Å². The molecule has 86 valence electrons. The number of hydrogen-bond acceptors (Lipinski definition) is 4. The second-order valence-corrected chi connectivity index (χ2v) is 3.49. The largest absolute Gasteiger partial charge is 0.334 e. The molecule has 0 amide bonds. The number of aromatic amines is 1. The first-order valence-corrected chi connectivity index (χ1v) is 5.60. The minimum atomic E-state index is 0.261. The second-order valence-electron chi connectivity index (χ2n) is 2.73. The third-order valence-corrected chi connectivity index (χ3v) is 2.02. The molecule has 1 N–H and O–H groups in total. The predicted octanol–water partition coefficient (Wildman–Crippen LogP) is 2.06. The normalized spacial score (nSPS) is 10.6. The van der Waals surface area contributed by atoms with Gasteiger partial charge in [0.25, 0.3) is 0 Å². The van der Waals surface area contributed by atoms with Crippen LogP contribution >= 0.6 is 23.2 Å². The Morgan fingerprint density at radius 1 is 1.44 bits per heavy atom. The molecule has 0 spiro atoms. The van der Waals surface area contributed by atoms with Crippen molar-refractivity contribution in [3.8, 4) is 6.07 Å². The molecular weight excluding hydrogens is 251 g/mol. The van der Waals surface area contributed by atoms with Crippen LogP contribution in [0.5, 0.6) is 0 Å². The van der Waals surface area contributed by atoms with E-state index in [0.29, 0.717) is 24.8 Å². The van der Waals surface area contributed by atoms with Gasteiger partial charge in [-0.05, 0) is 0 Å². The summed E-state index contributed by atoms with van der Waals surface area (Å²) in [6.45, 7) is 1.09. The van der Waals surface area contributed by atoms with Gasteiger partial charge in [0.05, 0.1) is 19.4 Å². The minimum absolute atomic E-state index is 0.261. The molecule has 0 fully saturated rings. The summed E-state index contributed by atoms with van der Waals surface area (Å²) >= 11 is 11.2. The number of rotatable bonds is 6. The molecule has 0 saturated heterocycles. The van der Waals surface area contributed by atoms with Gasteiger partial charge in [-0.3, -0.25) is 5.01 Å². The zero-order valence-corrected chi connectivity index (χ0v) is 9.91. The maximum absolute atomic E-state index is 8.70. The Morgan fingerprint density at radius 2 is 2.12 bits per heavy atom. The maximum atomic E-state index is 8.70. The lowest BCUT2D eigenvalue weighted by Gasteiger charge is -2.13. The van der Waals surface area contributed by atoms with Gasteiger partial charge < -0.3 is 4.98 Å². The first-order valence-electron chi connectivity index (χ1n) is 4.53. The fourth-order valence-corrected chi connectivity index (χ4v) is 1.34. The standard InChI is InChI=1S/C8H10Cl2N6/c9-1-3-16(4-2-10)15-14-8-7(5-11)12-6-13-8/h6H,1-4H2,(H,12,13). The van der Waals surface area contributed by atoms with Crippen LogP contribution in [0, 0.1) is 11.3 Å². The lowest BCUT2D eigenvalue weighted by Crippen LogP contribution is -2.21. The Morgan fingerprint density at radius 3 is 2.69 bits per heavy atom. The molecule has 1 rings (SSSR count). The molecule has 0 aromatic carbocycles. The van der Waals surface area contributed by atoms with Crippen LogP contribution in [0.25, 0.3) is 0 Å². The van der Waals surface area contributed by atoms with Crippen molar-refractivity contribution < 1.29 is 0 Å². The highest BCUT2D eigenvalue weighted by atomic mass is 35.5. The van der Waals surface area contributed by atoms with E-state index in [4.69, 9.17) is 28.5 Å². The van der Waals surface area contributed by atoms with E-state index in [1.807, 2.05) is 6.07 Å². The lowest BCUT2D eigenvalue weighted by molar-refractivity contribution is 0.304. The fourth-order valence-electron chi connectivity index (χ4n) is 0.947. The van der Waals surface area contributed by atoms with E-state index in [1.54, 1.807) is 5.01 Å². The summed E-state index contributed by atoms with van der Waals surface area (Å²) in [5, 5.41) is 18.1. The molecule has 0 aliphatic heterocycles. The molecule has 1 aromatic heterocycles. The monoisotopic (exact) mass is 260 g/mol. The quantitative estimate of drug-likeness (QED) is 0.483. The van der Waals surface area contributed by atoms with Crippen LogP contribution < -0.4 is 0 Å². The van der Waals surface area contributed by atoms with Crippen LogP contribution in [-0.2, 0) is 0 Å². The Bertz CT molecular complexity index is 376. The van der Waals surface area contributed by atoms with E-state index in [1.165, 1.54) is 6.33 Å². The van der Waals surface area contributed by atoms with Gasteiger partial charge in [-0.15, -0.1) is 28.3 Å². The average molecular weight is 261 g/mol. The molecule has 0 aliphatic rings. The van der Waals surface area contributed by atoms with Gasteiger partial charge in [0.15, 0.2) is 5.69 Å².